The van der Waals surface area contributed by atoms with E-state index in [1.54, 1.807) is 25.3 Å². The third-order valence-corrected chi connectivity index (χ3v) is 5.23. The molecule has 0 aliphatic carbocycles. The molecule has 0 heterocycles. The van der Waals surface area contributed by atoms with Crippen molar-refractivity contribution in [3.05, 3.63) is 75.4 Å². The summed E-state index contributed by atoms with van der Waals surface area (Å²) in [6, 6.07) is 18.7. The summed E-state index contributed by atoms with van der Waals surface area (Å²) in [5.74, 6) is 0.0367. The summed E-state index contributed by atoms with van der Waals surface area (Å²) < 4.78 is 5.98. The summed E-state index contributed by atoms with van der Waals surface area (Å²) in [5, 5.41) is 4.68. The Hall–Kier alpha value is -2.72. The van der Waals surface area contributed by atoms with E-state index in [-0.39, 0.29) is 23.3 Å². The highest BCUT2D eigenvalue weighted by Gasteiger charge is 2.11. The zero-order chi connectivity index (χ0) is 20.8. The summed E-state index contributed by atoms with van der Waals surface area (Å²) in [6.07, 6.45) is 0.174. The zero-order valence-corrected chi connectivity index (χ0v) is 18.5. The van der Waals surface area contributed by atoms with Gasteiger partial charge in [0.25, 0.3) is 5.91 Å². The van der Waals surface area contributed by atoms with Crippen LogP contribution in [0.2, 0.25) is 0 Å². The summed E-state index contributed by atoms with van der Waals surface area (Å²) in [7, 11) is 1.57. The van der Waals surface area contributed by atoms with Crippen LogP contribution in [0.25, 0.3) is 10.8 Å². The highest BCUT2D eigenvalue weighted by atomic mass is 127. The first kappa shape index (κ1) is 21.0. The van der Waals surface area contributed by atoms with Gasteiger partial charge in [0.2, 0.25) is 5.91 Å². The molecule has 3 aromatic carbocycles. The molecule has 148 valence electrons. The largest absolute Gasteiger partial charge is 0.496 e. The van der Waals surface area contributed by atoms with Crippen LogP contribution in [0, 0.1) is 3.57 Å². The van der Waals surface area contributed by atoms with Crippen molar-refractivity contribution in [3.63, 3.8) is 0 Å². The van der Waals surface area contributed by atoms with Gasteiger partial charge < -0.3 is 10.1 Å². The van der Waals surface area contributed by atoms with Crippen molar-refractivity contribution in [2.75, 3.05) is 7.11 Å². The number of nitrogens with one attached hydrogen (secondary N) is 3. The number of ether oxygens (including phenoxy) is 1. The summed E-state index contributed by atoms with van der Waals surface area (Å²) in [6.45, 7) is 0. The highest BCUT2D eigenvalue weighted by molar-refractivity contribution is 14.1. The van der Waals surface area contributed by atoms with Gasteiger partial charge in [0.1, 0.15) is 5.75 Å². The van der Waals surface area contributed by atoms with Crippen LogP contribution >= 0.6 is 34.8 Å². The lowest BCUT2D eigenvalue weighted by Gasteiger charge is -2.12. The fourth-order valence-electron chi connectivity index (χ4n) is 2.82. The van der Waals surface area contributed by atoms with Crippen LogP contribution in [0.3, 0.4) is 0 Å². The van der Waals surface area contributed by atoms with E-state index in [9.17, 15) is 9.59 Å². The first-order valence-corrected chi connectivity index (χ1v) is 10.2. The van der Waals surface area contributed by atoms with Crippen molar-refractivity contribution in [2.45, 2.75) is 6.42 Å². The smallest absolute Gasteiger partial charge is 0.269 e. The Kier molecular flexibility index (Phi) is 6.99. The minimum Gasteiger partial charge on any atom is -0.496 e. The minimum atomic E-state index is -0.378. The number of hydrazine groups is 1. The number of fused-ring (bicyclic) bond motifs is 1. The first-order chi connectivity index (χ1) is 14.0. The van der Waals surface area contributed by atoms with Crippen LogP contribution in [0.15, 0.2) is 60.7 Å². The van der Waals surface area contributed by atoms with Crippen molar-refractivity contribution in [3.8, 4) is 5.75 Å². The molecule has 29 heavy (non-hydrogen) atoms. The van der Waals surface area contributed by atoms with Crippen LogP contribution in [0.5, 0.6) is 5.75 Å². The maximum atomic E-state index is 12.3. The van der Waals surface area contributed by atoms with E-state index < -0.39 is 0 Å². The number of hydrogen-bond acceptors (Lipinski definition) is 4. The van der Waals surface area contributed by atoms with Crippen molar-refractivity contribution in [2.24, 2.45) is 0 Å². The SMILES string of the molecule is COc1ccc(C(=O)NNC(=S)NC(=O)Cc2cccc3ccccc23)cc1I. The molecule has 8 heteroatoms. The summed E-state index contributed by atoms with van der Waals surface area (Å²) >= 11 is 7.18. The molecule has 0 aliphatic rings. The molecule has 0 aliphatic heterocycles. The zero-order valence-electron chi connectivity index (χ0n) is 15.5. The molecule has 0 saturated carbocycles. The van der Waals surface area contributed by atoms with Gasteiger partial charge in [-0.15, -0.1) is 0 Å². The molecular weight excluding hydrogens is 501 g/mol. The lowest BCUT2D eigenvalue weighted by Crippen LogP contribution is -2.48. The van der Waals surface area contributed by atoms with Gasteiger partial charge in [0, 0.05) is 5.56 Å². The van der Waals surface area contributed by atoms with Crippen LogP contribution in [0.1, 0.15) is 15.9 Å². The number of benzene rings is 3. The molecule has 2 amide bonds. The van der Waals surface area contributed by atoms with Crippen molar-refractivity contribution >= 4 is 62.5 Å². The van der Waals surface area contributed by atoms with Crippen LogP contribution in [-0.4, -0.2) is 24.0 Å². The van der Waals surface area contributed by atoms with Gasteiger partial charge in [-0.2, -0.15) is 0 Å². The first-order valence-electron chi connectivity index (χ1n) is 8.68. The van der Waals surface area contributed by atoms with Crippen molar-refractivity contribution in [1.29, 1.82) is 0 Å². The molecule has 0 spiro atoms. The van der Waals surface area contributed by atoms with Gasteiger partial charge in [-0.1, -0.05) is 42.5 Å². The second-order valence-electron chi connectivity index (χ2n) is 6.12. The number of hydrogen-bond donors (Lipinski definition) is 3. The third kappa shape index (κ3) is 5.42. The van der Waals surface area contributed by atoms with Crippen molar-refractivity contribution in [1.82, 2.24) is 16.2 Å². The molecule has 0 saturated heterocycles. The predicted molar refractivity (Wildman–Crippen MR) is 125 cm³/mol. The average Bonchev–Trinajstić information content (AvgIpc) is 2.72. The highest BCUT2D eigenvalue weighted by Crippen LogP contribution is 2.21. The molecule has 3 aromatic rings. The second-order valence-corrected chi connectivity index (χ2v) is 7.69. The standard InChI is InChI=1S/C21H18IN3O3S/c1-28-18-10-9-15(11-17(18)22)20(27)24-25-21(29)23-19(26)12-14-7-4-6-13-5-2-3-8-16(13)14/h2-11H,12H2,1H3,(H,24,27)(H2,23,25,26,29). The molecule has 3 rings (SSSR count). The number of thiocarbonyl (C=S) groups is 1. The number of rotatable bonds is 4. The predicted octanol–water partition coefficient (Wildman–Crippen LogP) is 3.33. The monoisotopic (exact) mass is 519 g/mol. The molecule has 0 unspecified atom stereocenters. The molecule has 0 radical (unpaired) electrons. The Morgan fingerprint density at radius 1 is 1.03 bits per heavy atom. The Balaban J connectivity index is 1.54. The third-order valence-electron chi connectivity index (χ3n) is 4.19. The molecule has 6 nitrogen and oxygen atoms in total. The van der Waals surface area contributed by atoms with E-state index >= 15 is 0 Å². The van der Waals surface area contributed by atoms with Crippen molar-refractivity contribution < 1.29 is 14.3 Å². The molecule has 0 aromatic heterocycles. The van der Waals surface area contributed by atoms with Gasteiger partial charge in [-0.05, 0) is 69.3 Å². The average molecular weight is 519 g/mol. The number of carbonyl (C=O) groups is 2. The Bertz CT molecular complexity index is 1080. The maximum absolute atomic E-state index is 12.3. The lowest BCUT2D eigenvalue weighted by atomic mass is 10.0. The van der Waals surface area contributed by atoms with Gasteiger partial charge in [-0.3, -0.25) is 20.4 Å². The molecular formula is C21H18IN3O3S. The van der Waals surface area contributed by atoms with E-state index in [2.05, 4.69) is 38.8 Å². The Morgan fingerprint density at radius 2 is 1.79 bits per heavy atom. The second kappa shape index (κ2) is 9.66. The van der Waals surface area contributed by atoms with E-state index in [1.165, 1.54) is 0 Å². The van der Waals surface area contributed by atoms with Gasteiger partial charge in [-0.25, -0.2) is 0 Å². The summed E-state index contributed by atoms with van der Waals surface area (Å²) in [4.78, 5) is 24.6. The number of amides is 2. The maximum Gasteiger partial charge on any atom is 0.269 e. The van der Waals surface area contributed by atoms with E-state index in [1.807, 2.05) is 42.5 Å². The molecule has 3 N–H and O–H groups in total. The Labute approximate surface area is 187 Å². The van der Waals surface area contributed by atoms with E-state index in [0.717, 1.165) is 19.9 Å². The lowest BCUT2D eigenvalue weighted by molar-refractivity contribution is -0.119. The molecule has 0 atom stereocenters. The Morgan fingerprint density at radius 3 is 2.55 bits per heavy atom. The van der Waals surface area contributed by atoms with E-state index in [0.29, 0.717) is 11.3 Å². The van der Waals surface area contributed by atoms with Gasteiger partial charge >= 0.3 is 0 Å². The quantitative estimate of drug-likeness (QED) is 0.280. The number of halogens is 1. The van der Waals surface area contributed by atoms with Gasteiger partial charge in [0.15, 0.2) is 5.11 Å². The number of carbonyl (C=O) groups excluding carboxylic acids is 2. The fraction of sp³-hybridized carbons (Fsp3) is 0.0952. The van der Waals surface area contributed by atoms with Crippen LogP contribution in [-0.2, 0) is 11.2 Å². The molecule has 0 bridgehead atoms. The van der Waals surface area contributed by atoms with Crippen LogP contribution < -0.4 is 20.9 Å². The normalized spacial score (nSPS) is 10.3. The van der Waals surface area contributed by atoms with Gasteiger partial charge in [0.05, 0.1) is 17.1 Å². The molecule has 0 fully saturated rings. The minimum absolute atomic E-state index is 0.0202. The summed E-state index contributed by atoms with van der Waals surface area (Å²) in [5.41, 5.74) is 6.36. The number of methoxy groups -OCH3 is 1. The van der Waals surface area contributed by atoms with Crippen LogP contribution in [0.4, 0.5) is 0 Å². The van der Waals surface area contributed by atoms with E-state index in [4.69, 9.17) is 17.0 Å². The topological polar surface area (TPSA) is 79.5 Å². The fourth-order valence-corrected chi connectivity index (χ4v) is 3.72.